The molecule has 0 fully saturated rings. The van der Waals surface area contributed by atoms with E-state index in [0.717, 1.165) is 33.8 Å². The minimum Gasteiger partial charge on any atom is -0.0622 e. The molecule has 0 N–H and O–H groups in total. The van der Waals surface area contributed by atoms with Crippen LogP contribution in [0.2, 0.25) is 0 Å². The Morgan fingerprint density at radius 2 is 0.482 bits per heavy atom. The van der Waals surface area contributed by atoms with Crippen LogP contribution in [0.5, 0.6) is 0 Å². The molecule has 14 aromatic carbocycles. The van der Waals surface area contributed by atoms with Crippen molar-refractivity contribution in [2.45, 2.75) is 78.1 Å². The topological polar surface area (TPSA) is 0 Å². The first kappa shape index (κ1) is 92.6. The molecular formula is C100H94Br2CuI2P4Pd+. The predicted molar refractivity (Wildman–Crippen MR) is 507 cm³/mol. The maximum Gasteiger partial charge on any atom is 0 e. The summed E-state index contributed by atoms with van der Waals surface area (Å²) in [5.41, 5.74) is 1.10. The van der Waals surface area contributed by atoms with Gasteiger partial charge in [0.25, 0.3) is 0 Å². The molecule has 562 valence electrons. The molecule has 0 atom stereocenters. The predicted octanol–water partition coefficient (Wildman–Crippen LogP) is 25.0. The van der Waals surface area contributed by atoms with Crippen LogP contribution in [0.4, 0.5) is 0 Å². The van der Waals surface area contributed by atoms with Crippen LogP contribution in [-0.2, 0) is 33.2 Å². The first-order valence-corrected chi connectivity index (χ1v) is 47.9. The number of benzene rings is 14. The van der Waals surface area contributed by atoms with Crippen LogP contribution < -0.4 is 63.7 Å². The van der Waals surface area contributed by atoms with Gasteiger partial charge in [0.15, 0.2) is 0 Å². The number of halogens is 4. The molecule has 110 heavy (non-hydrogen) atoms. The summed E-state index contributed by atoms with van der Waals surface area (Å²) in [5, 5.41) is 16.8. The van der Waals surface area contributed by atoms with E-state index in [2.05, 4.69) is 481 Å². The van der Waals surface area contributed by atoms with Crippen LogP contribution in [0.25, 0.3) is 0 Å². The number of hydrogen-bond acceptors (Lipinski definition) is 0. The van der Waals surface area contributed by atoms with Crippen molar-refractivity contribution in [3.05, 3.63) is 437 Å². The van der Waals surface area contributed by atoms with Crippen molar-refractivity contribution >= 4 is 170 Å². The van der Waals surface area contributed by atoms with Gasteiger partial charge in [-0.1, -0.05) is 446 Å². The van der Waals surface area contributed by atoms with Gasteiger partial charge < -0.3 is 0 Å². The smallest absolute Gasteiger partial charge is 0 e. The molecule has 0 spiro atoms. The second-order valence-electron chi connectivity index (χ2n) is 24.4. The third-order valence-electron chi connectivity index (χ3n) is 16.3. The molecule has 10 heteroatoms. The van der Waals surface area contributed by atoms with E-state index in [1.54, 1.807) is 20.3 Å². The Balaban J connectivity index is 0.000000203. The maximum atomic E-state index is 6.59. The Kier molecular flexibility index (Phi) is 49.3. The molecule has 0 aliphatic carbocycles. The van der Waals surface area contributed by atoms with Crippen molar-refractivity contribution < 1.29 is 33.2 Å². The fraction of sp³-hybridized carbons (Fsp3) is 0.120. The summed E-state index contributed by atoms with van der Waals surface area (Å²) in [4.78, 5) is 0. The van der Waals surface area contributed by atoms with Gasteiger partial charge in [0.1, 0.15) is 0 Å². The van der Waals surface area contributed by atoms with E-state index in [1.165, 1.54) is 112 Å². The maximum absolute atomic E-state index is 6.59. The molecule has 0 nitrogen and oxygen atoms in total. The van der Waals surface area contributed by atoms with Crippen LogP contribution in [0.3, 0.4) is 0 Å². The molecule has 0 saturated heterocycles. The van der Waals surface area contributed by atoms with Gasteiger partial charge in [0.2, 0.25) is 0 Å². The van der Waals surface area contributed by atoms with E-state index in [0.29, 0.717) is 0 Å². The molecule has 0 heterocycles. The van der Waals surface area contributed by atoms with Crippen molar-refractivity contribution in [1.29, 1.82) is 0 Å². The molecule has 0 unspecified atom stereocenters. The molecule has 0 aliphatic heterocycles. The molecular weight excluding hydrogens is 1910 g/mol. The largest absolute Gasteiger partial charge is 0.0622 e. The summed E-state index contributed by atoms with van der Waals surface area (Å²) in [7, 11) is -1.78. The Labute approximate surface area is 728 Å². The van der Waals surface area contributed by atoms with E-state index in [9.17, 15) is 0 Å². The van der Waals surface area contributed by atoms with Crippen LogP contribution >= 0.6 is 106 Å². The minimum atomic E-state index is -0.446. The molecule has 0 bridgehead atoms. The van der Waals surface area contributed by atoms with Gasteiger partial charge in [0, 0.05) is 44.9 Å². The zero-order chi connectivity index (χ0) is 76.8. The van der Waals surface area contributed by atoms with Crippen molar-refractivity contribution in [1.82, 2.24) is 0 Å². The molecule has 14 aromatic rings. The van der Waals surface area contributed by atoms with E-state index >= 15 is 0 Å². The molecule has 0 aromatic heterocycles. The molecule has 14 rings (SSSR count). The van der Waals surface area contributed by atoms with Crippen molar-refractivity contribution in [3.8, 4) is 17.8 Å². The van der Waals surface area contributed by atoms with Gasteiger partial charge in [-0.05, 0) is 161 Å². The van der Waals surface area contributed by atoms with Crippen molar-refractivity contribution in [2.24, 2.45) is 0 Å². The van der Waals surface area contributed by atoms with Gasteiger partial charge in [0.05, 0.1) is 0 Å². The Hall–Kier alpha value is -6.26. The first-order valence-electron chi connectivity index (χ1n) is 36.8. The van der Waals surface area contributed by atoms with Crippen molar-refractivity contribution in [3.63, 3.8) is 0 Å². The Morgan fingerprint density at radius 1 is 0.273 bits per heavy atom. The molecule has 0 radical (unpaired) electrons. The summed E-state index contributed by atoms with van der Waals surface area (Å²) in [6.45, 7) is 4.42. The van der Waals surface area contributed by atoms with Crippen LogP contribution in [0.1, 0.15) is 83.6 Å². The van der Waals surface area contributed by atoms with Gasteiger partial charge in [-0.3, -0.25) is 0 Å². The second kappa shape index (κ2) is 58.6. The normalized spacial score (nSPS) is 9.98. The second-order valence-corrected chi connectivity index (χ2v) is 36.4. The van der Waals surface area contributed by atoms with Crippen LogP contribution in [-0.4, -0.2) is 0 Å². The average Bonchev–Trinajstić information content (AvgIpc) is 0.840. The number of rotatable bonds is 20. The summed E-state index contributed by atoms with van der Waals surface area (Å²) in [5.74, 6) is 8.78. The number of hydrogen-bond donors (Lipinski definition) is 0. The number of unbranched alkanes of at least 4 members (excludes halogenated alkanes) is 8. The summed E-state index contributed by atoms with van der Waals surface area (Å²) in [6, 6.07) is 146. The Morgan fingerprint density at radius 3 is 0.664 bits per heavy atom. The van der Waals surface area contributed by atoms with Gasteiger partial charge in [-0.2, -0.15) is 0 Å². The molecule has 0 aliphatic rings. The third-order valence-corrected chi connectivity index (χ3v) is 27.8. The fourth-order valence-electron chi connectivity index (χ4n) is 11.2. The van der Waals surface area contributed by atoms with E-state index in [1.807, 2.05) is 30.3 Å². The Bertz CT molecular complexity index is 3850. The zero-order valence-corrected chi connectivity index (χ0v) is 75.8. The van der Waals surface area contributed by atoms with E-state index in [4.69, 9.17) is 6.42 Å². The van der Waals surface area contributed by atoms with Crippen LogP contribution in [0, 0.1) is 27.8 Å². The van der Waals surface area contributed by atoms with Crippen molar-refractivity contribution in [2.75, 3.05) is 0 Å². The summed E-state index contributed by atoms with van der Waals surface area (Å²) >= 11 is 14.9. The van der Waals surface area contributed by atoms with Crippen LogP contribution in [0.15, 0.2) is 421 Å². The SMILES string of the molecule is Brc1cccc(I)c1.CCCCCCC#Cc1cccc(Br)c1.[C+]#CCCCCCC.[Cu][I].[Pd].c1ccc(P(c2ccccc2)c2ccccc2)cc1.c1ccc(P(c2ccccc2)c2ccccc2)cc1.c1ccc(P(c2ccccc2)c2ccccc2)cc1.c1ccc(P(c2ccccc2)c2ccccc2)cc1. The first-order chi connectivity index (χ1) is 53.8. The molecule has 0 amide bonds. The summed E-state index contributed by atoms with van der Waals surface area (Å²) < 4.78 is 3.50. The monoisotopic (exact) mass is 2000 g/mol. The quantitative estimate of drug-likeness (QED) is 0.0178. The average molecular weight is 2000 g/mol. The third kappa shape index (κ3) is 35.4. The standard InChI is InChI=1S/4C18H15P.C14H17Br.C8H13.C6H4BrI.Cu.HI.Pd/c4*1-4-10-16(11-5-1)19(17-12-6-2-7-13-17)18-14-8-3-9-15-18;1-2-3-4-5-6-7-9-13-10-8-11-14(15)12-13;1-3-5-7-8-6-4-2;7-5-2-1-3-6(8)4-5;;;/h4*1-15H;8,10-12H,2-6H2,1H3;3,5-8H2,1H3;1-4H;;1H;/q;;;;;+1;;+1;;/p-1. The van der Waals surface area contributed by atoms with E-state index < -0.39 is 31.7 Å². The minimum absolute atomic E-state index is 0. The van der Waals surface area contributed by atoms with Gasteiger partial charge >= 0.3 is 84.5 Å². The van der Waals surface area contributed by atoms with Gasteiger partial charge in [-0.15, -0.1) is 0 Å². The van der Waals surface area contributed by atoms with E-state index in [-0.39, 0.29) is 20.4 Å². The van der Waals surface area contributed by atoms with Gasteiger partial charge in [-0.25, -0.2) is 0 Å². The molecule has 0 saturated carbocycles. The summed E-state index contributed by atoms with van der Waals surface area (Å²) in [6.07, 6.45) is 18.6. The fourth-order valence-corrected chi connectivity index (χ4v) is 22.2. The zero-order valence-electron chi connectivity index (χ0n) is 62.2.